The molecule has 3 aliphatic carbocycles. The van der Waals surface area contributed by atoms with Gasteiger partial charge < -0.3 is 26.0 Å². The highest BCUT2D eigenvalue weighted by Crippen LogP contribution is 2.53. The second-order valence-corrected chi connectivity index (χ2v) is 8.57. The quantitative estimate of drug-likeness (QED) is 0.591. The molecule has 2 heterocycles. The van der Waals surface area contributed by atoms with Crippen LogP contribution in [0, 0.1) is 17.8 Å². The highest BCUT2D eigenvalue weighted by molar-refractivity contribution is 5.90. The topological polar surface area (TPSA) is 98.9 Å². The maximum Gasteiger partial charge on any atom is 0.267 e. The maximum absolute atomic E-state index is 12.2. The molecule has 2 aliphatic heterocycles. The highest BCUT2D eigenvalue weighted by Gasteiger charge is 2.46. The van der Waals surface area contributed by atoms with E-state index in [0.717, 1.165) is 35.4 Å². The molecule has 1 unspecified atom stereocenters. The number of benzene rings is 1. The molecule has 1 aromatic rings. The van der Waals surface area contributed by atoms with Crippen molar-refractivity contribution < 1.29 is 14.7 Å². The second-order valence-electron chi connectivity index (χ2n) is 8.57. The van der Waals surface area contributed by atoms with E-state index in [2.05, 4.69) is 23.2 Å². The Morgan fingerprint density at radius 2 is 2.07 bits per heavy atom. The SMILES string of the molecule is CN1CC[C@](O)(C#Cc2ccc3c(c2)C2=C(C4CC3C4)N(C)C(C(N)=O)N2)C1=O. The van der Waals surface area contributed by atoms with Crippen molar-refractivity contribution >= 4 is 17.5 Å². The number of allylic oxidation sites excluding steroid dienone is 1. The van der Waals surface area contributed by atoms with Gasteiger partial charge in [-0.3, -0.25) is 9.59 Å². The Labute approximate surface area is 169 Å². The van der Waals surface area contributed by atoms with E-state index in [1.165, 1.54) is 10.5 Å². The summed E-state index contributed by atoms with van der Waals surface area (Å²) in [6, 6.07) is 6.03. The Balaban J connectivity index is 1.55. The van der Waals surface area contributed by atoms with Gasteiger partial charge in [0.1, 0.15) is 0 Å². The fourth-order valence-corrected chi connectivity index (χ4v) is 5.04. The number of nitrogens with zero attached hydrogens (tertiary/aromatic N) is 2. The first kappa shape index (κ1) is 18.1. The highest BCUT2D eigenvalue weighted by atomic mass is 16.3. The molecule has 2 amide bonds. The van der Waals surface area contributed by atoms with Crippen LogP contribution >= 0.6 is 0 Å². The van der Waals surface area contributed by atoms with E-state index in [-0.39, 0.29) is 5.91 Å². The maximum atomic E-state index is 12.2. The number of hydrogen-bond donors (Lipinski definition) is 3. The molecular formula is C22H24N4O3. The fraction of sp³-hybridized carbons (Fsp3) is 0.455. The van der Waals surface area contributed by atoms with Gasteiger partial charge in [0, 0.05) is 49.8 Å². The lowest BCUT2D eigenvalue weighted by Crippen LogP contribution is -2.47. The minimum absolute atomic E-state index is 0.311. The van der Waals surface area contributed by atoms with Gasteiger partial charge in [0.25, 0.3) is 11.8 Å². The monoisotopic (exact) mass is 392 g/mol. The minimum atomic E-state index is -1.61. The van der Waals surface area contributed by atoms with Crippen LogP contribution in [0.2, 0.25) is 0 Å². The molecule has 2 fully saturated rings. The lowest BCUT2D eigenvalue weighted by atomic mass is 9.71. The molecule has 7 heteroatoms. The molecule has 2 bridgehead atoms. The van der Waals surface area contributed by atoms with Crippen LogP contribution in [0.1, 0.15) is 41.9 Å². The van der Waals surface area contributed by atoms with Crippen molar-refractivity contribution in [2.24, 2.45) is 11.7 Å². The van der Waals surface area contributed by atoms with E-state index < -0.39 is 17.7 Å². The van der Waals surface area contributed by atoms with E-state index in [1.54, 1.807) is 7.05 Å². The van der Waals surface area contributed by atoms with Gasteiger partial charge in [-0.25, -0.2) is 0 Å². The molecule has 7 nitrogen and oxygen atoms in total. The Kier molecular flexibility index (Phi) is 3.74. The van der Waals surface area contributed by atoms with Crippen molar-refractivity contribution in [1.82, 2.24) is 15.1 Å². The van der Waals surface area contributed by atoms with Gasteiger partial charge in [-0.05, 0) is 36.5 Å². The van der Waals surface area contributed by atoms with Gasteiger partial charge in [0.15, 0.2) is 6.17 Å². The Bertz CT molecular complexity index is 1030. The Hall–Kier alpha value is -2.98. The van der Waals surface area contributed by atoms with E-state index in [9.17, 15) is 14.7 Å². The molecule has 0 spiro atoms. The smallest absolute Gasteiger partial charge is 0.267 e. The number of likely N-dealkylation sites (tertiary alicyclic amines) is 1. The van der Waals surface area contributed by atoms with Crippen LogP contribution in [-0.2, 0) is 9.59 Å². The van der Waals surface area contributed by atoms with Crippen LogP contribution in [-0.4, -0.2) is 59.1 Å². The van der Waals surface area contributed by atoms with Crippen molar-refractivity contribution in [1.29, 1.82) is 0 Å². The summed E-state index contributed by atoms with van der Waals surface area (Å²) in [5, 5.41) is 13.9. The van der Waals surface area contributed by atoms with Gasteiger partial charge in [0.05, 0.1) is 5.70 Å². The molecule has 0 radical (unpaired) electrons. The van der Waals surface area contributed by atoms with Gasteiger partial charge in [0.2, 0.25) is 5.60 Å². The largest absolute Gasteiger partial charge is 0.369 e. The number of likely N-dealkylation sites (N-methyl/N-ethyl adjacent to an activating group) is 2. The predicted molar refractivity (Wildman–Crippen MR) is 107 cm³/mol. The summed E-state index contributed by atoms with van der Waals surface area (Å²) in [7, 11) is 3.58. The molecule has 1 aromatic carbocycles. The molecule has 0 aromatic heterocycles. The number of nitrogens with two attached hydrogens (primary N) is 1. The normalized spacial score (nSPS) is 32.0. The zero-order valence-electron chi connectivity index (χ0n) is 16.5. The third-order valence-corrected chi connectivity index (χ3v) is 6.78. The van der Waals surface area contributed by atoms with Crippen molar-refractivity contribution in [3.05, 3.63) is 40.6 Å². The summed E-state index contributed by atoms with van der Waals surface area (Å²) < 4.78 is 0. The van der Waals surface area contributed by atoms with Crippen molar-refractivity contribution in [2.75, 3.05) is 20.6 Å². The molecule has 29 heavy (non-hydrogen) atoms. The van der Waals surface area contributed by atoms with Crippen LogP contribution < -0.4 is 11.1 Å². The molecule has 150 valence electrons. The first-order valence-corrected chi connectivity index (χ1v) is 9.97. The van der Waals surface area contributed by atoms with Gasteiger partial charge in [-0.15, -0.1) is 0 Å². The lowest BCUT2D eigenvalue weighted by Gasteiger charge is -2.38. The predicted octanol–water partition coefficient (Wildman–Crippen LogP) is 0.154. The summed E-state index contributed by atoms with van der Waals surface area (Å²) in [5.74, 6) is 5.95. The number of carbonyl (C=O) groups excluding carboxylic acids is 2. The van der Waals surface area contributed by atoms with Crippen LogP contribution in [0.4, 0.5) is 0 Å². The van der Waals surface area contributed by atoms with E-state index in [1.807, 2.05) is 24.1 Å². The van der Waals surface area contributed by atoms with Crippen molar-refractivity contribution in [3.8, 4) is 11.8 Å². The number of primary amides is 1. The number of hydrogen-bond acceptors (Lipinski definition) is 5. The molecule has 2 atom stereocenters. The van der Waals surface area contributed by atoms with Gasteiger partial charge >= 0.3 is 0 Å². The summed E-state index contributed by atoms with van der Waals surface area (Å²) in [5.41, 5.74) is 9.09. The zero-order valence-corrected chi connectivity index (χ0v) is 16.5. The summed E-state index contributed by atoms with van der Waals surface area (Å²) in [6.45, 7) is 0.498. The first-order chi connectivity index (χ1) is 13.8. The summed E-state index contributed by atoms with van der Waals surface area (Å²) in [6.07, 6.45) is 1.89. The number of nitrogens with one attached hydrogen (secondary N) is 1. The summed E-state index contributed by atoms with van der Waals surface area (Å²) >= 11 is 0. The van der Waals surface area contributed by atoms with Crippen molar-refractivity contribution in [3.63, 3.8) is 0 Å². The molecule has 6 rings (SSSR count). The molecule has 4 N–H and O–H groups in total. The fourth-order valence-electron chi connectivity index (χ4n) is 5.04. The molecule has 1 saturated carbocycles. The standard InChI is InChI=1S/C22H24N4O3/c1-25-8-7-22(29,21(25)28)6-5-12-3-4-15-13-10-14(11-13)18-17(16(15)9-12)24-20(19(23)27)26(18)2/h3-4,9,13-14,20,24,29H,7-8,10-11H2,1-2H3,(H2,23,27)/t13?,14?,20?,22-/m1/s1. The van der Waals surface area contributed by atoms with Crippen LogP contribution in [0.15, 0.2) is 23.9 Å². The Morgan fingerprint density at radius 3 is 2.72 bits per heavy atom. The molecule has 5 aliphatic rings. The number of aliphatic hydroxyl groups is 1. The van der Waals surface area contributed by atoms with E-state index in [0.29, 0.717) is 24.8 Å². The first-order valence-electron chi connectivity index (χ1n) is 9.97. The third kappa shape index (κ3) is 2.56. The average molecular weight is 392 g/mol. The minimum Gasteiger partial charge on any atom is -0.369 e. The average Bonchev–Trinajstić information content (AvgIpc) is 3.02. The van der Waals surface area contributed by atoms with Crippen molar-refractivity contribution in [2.45, 2.75) is 36.9 Å². The summed E-state index contributed by atoms with van der Waals surface area (Å²) in [4.78, 5) is 27.5. The Morgan fingerprint density at radius 1 is 1.31 bits per heavy atom. The number of carbonyl (C=O) groups is 2. The van der Waals surface area contributed by atoms with E-state index >= 15 is 0 Å². The lowest BCUT2D eigenvalue weighted by molar-refractivity contribution is -0.137. The molecular weight excluding hydrogens is 368 g/mol. The van der Waals surface area contributed by atoms with E-state index in [4.69, 9.17) is 5.73 Å². The third-order valence-electron chi connectivity index (χ3n) is 6.78. The zero-order chi connectivity index (χ0) is 20.5. The van der Waals surface area contributed by atoms with Crippen LogP contribution in [0.25, 0.3) is 5.70 Å². The van der Waals surface area contributed by atoms with Gasteiger partial charge in [-0.1, -0.05) is 17.9 Å². The van der Waals surface area contributed by atoms with Crippen LogP contribution in [0.3, 0.4) is 0 Å². The van der Waals surface area contributed by atoms with Gasteiger partial charge in [-0.2, -0.15) is 0 Å². The number of rotatable bonds is 1. The number of amides is 2. The second kappa shape index (κ2) is 6.01. The molecule has 1 saturated heterocycles. The van der Waals surface area contributed by atoms with Crippen LogP contribution in [0.5, 0.6) is 0 Å².